The highest BCUT2D eigenvalue weighted by Gasteiger charge is 2.37. The van der Waals surface area contributed by atoms with Gasteiger partial charge in [0, 0.05) is 25.8 Å². The lowest BCUT2D eigenvalue weighted by Gasteiger charge is -2.31. The first kappa shape index (κ1) is 30.6. The minimum Gasteiger partial charge on any atom is -0.493 e. The molecule has 0 bridgehead atoms. The lowest BCUT2D eigenvalue weighted by molar-refractivity contribution is -0.159. The summed E-state index contributed by atoms with van der Waals surface area (Å²) in [5, 5.41) is 2.68. The van der Waals surface area contributed by atoms with Crippen LogP contribution in [0.25, 0.3) is 0 Å². The van der Waals surface area contributed by atoms with Crippen LogP contribution < -0.4 is 19.5 Å². The van der Waals surface area contributed by atoms with E-state index in [0.717, 1.165) is 6.42 Å². The number of hydrogen-bond donors (Lipinski definition) is 1. The number of carbonyl (C=O) groups excluding carboxylic acids is 3. The van der Waals surface area contributed by atoms with Crippen LogP contribution in [0.3, 0.4) is 0 Å². The summed E-state index contributed by atoms with van der Waals surface area (Å²) in [4.78, 5) is 41.7. The average Bonchev–Trinajstić information content (AvgIpc) is 2.98. The van der Waals surface area contributed by atoms with Gasteiger partial charge in [-0.05, 0) is 56.9 Å². The number of ether oxygens (including phenoxy) is 6. The number of carbonyl (C=O) groups is 3. The SMILES string of the molecule is CCCO[C@H]1CCC[C@H](NC(=O)c2nccc(OC)c2OCOC(C)=O)C(=O)O[C@@H](C)[C@@H]1Oc1ccc(F)cc1. The predicted molar refractivity (Wildman–Crippen MR) is 140 cm³/mol. The van der Waals surface area contributed by atoms with Gasteiger partial charge in [-0.2, -0.15) is 0 Å². The van der Waals surface area contributed by atoms with E-state index >= 15 is 0 Å². The molecular weight excluding hydrogens is 527 g/mol. The third kappa shape index (κ3) is 8.54. The van der Waals surface area contributed by atoms with E-state index in [1.807, 2.05) is 6.92 Å². The van der Waals surface area contributed by atoms with Crippen molar-refractivity contribution in [3.8, 4) is 17.2 Å². The Morgan fingerprint density at radius 2 is 1.93 bits per heavy atom. The summed E-state index contributed by atoms with van der Waals surface area (Å²) in [5.74, 6) is -1.78. The molecule has 2 aromatic rings. The molecule has 12 heteroatoms. The zero-order valence-corrected chi connectivity index (χ0v) is 23.0. The van der Waals surface area contributed by atoms with E-state index in [4.69, 9.17) is 28.4 Å². The van der Waals surface area contributed by atoms with Gasteiger partial charge in [-0.3, -0.25) is 9.59 Å². The van der Waals surface area contributed by atoms with Crippen LogP contribution in [0.2, 0.25) is 0 Å². The van der Waals surface area contributed by atoms with Crippen molar-refractivity contribution in [3.63, 3.8) is 0 Å². The Morgan fingerprint density at radius 3 is 2.60 bits per heavy atom. The van der Waals surface area contributed by atoms with Gasteiger partial charge in [-0.15, -0.1) is 0 Å². The fraction of sp³-hybridized carbons (Fsp3) is 0.500. The van der Waals surface area contributed by atoms with Crippen molar-refractivity contribution < 1.29 is 47.2 Å². The monoisotopic (exact) mass is 562 g/mol. The predicted octanol–water partition coefficient (Wildman–Crippen LogP) is 3.59. The van der Waals surface area contributed by atoms with Gasteiger partial charge in [0.05, 0.1) is 13.2 Å². The summed E-state index contributed by atoms with van der Waals surface area (Å²) in [6.45, 7) is 4.90. The van der Waals surface area contributed by atoms with Crippen LogP contribution in [0.4, 0.5) is 4.39 Å². The number of nitrogens with zero attached hydrogens (tertiary/aromatic N) is 1. The molecule has 4 atom stereocenters. The van der Waals surface area contributed by atoms with Gasteiger partial charge in [0.15, 0.2) is 23.3 Å². The number of nitrogens with one attached hydrogen (secondary N) is 1. The fourth-order valence-corrected chi connectivity index (χ4v) is 4.15. The molecule has 0 radical (unpaired) electrons. The third-order valence-corrected chi connectivity index (χ3v) is 6.09. The van der Waals surface area contributed by atoms with Crippen molar-refractivity contribution in [2.75, 3.05) is 20.5 Å². The Labute approximate surface area is 232 Å². The second-order valence-electron chi connectivity index (χ2n) is 9.13. The van der Waals surface area contributed by atoms with Crippen molar-refractivity contribution in [2.45, 2.75) is 70.8 Å². The molecule has 3 rings (SSSR count). The molecule has 1 amide bonds. The van der Waals surface area contributed by atoms with Crippen molar-refractivity contribution >= 4 is 17.8 Å². The molecular formula is C28H35FN2O9. The van der Waals surface area contributed by atoms with E-state index in [2.05, 4.69) is 10.3 Å². The Balaban J connectivity index is 1.78. The van der Waals surface area contributed by atoms with Crippen LogP contribution in [0.15, 0.2) is 36.5 Å². The van der Waals surface area contributed by atoms with Crippen LogP contribution >= 0.6 is 0 Å². The van der Waals surface area contributed by atoms with E-state index in [1.54, 1.807) is 6.92 Å². The molecule has 1 N–H and O–H groups in total. The Morgan fingerprint density at radius 1 is 1.18 bits per heavy atom. The number of pyridine rings is 1. The minimum atomic E-state index is -0.999. The largest absolute Gasteiger partial charge is 0.493 e. The summed E-state index contributed by atoms with van der Waals surface area (Å²) in [7, 11) is 1.38. The minimum absolute atomic E-state index is 0.0469. The van der Waals surface area contributed by atoms with Gasteiger partial charge in [0.1, 0.15) is 23.7 Å². The normalized spacial score (nSPS) is 21.2. The molecule has 11 nitrogen and oxygen atoms in total. The van der Waals surface area contributed by atoms with Gasteiger partial charge in [0.25, 0.3) is 5.91 Å². The highest BCUT2D eigenvalue weighted by molar-refractivity contribution is 5.98. The Hall–Kier alpha value is -3.93. The average molecular weight is 563 g/mol. The molecule has 0 spiro atoms. The Bertz CT molecular complexity index is 1150. The zero-order valence-electron chi connectivity index (χ0n) is 23.0. The topological polar surface area (TPSA) is 132 Å². The van der Waals surface area contributed by atoms with Crippen LogP contribution in [-0.2, 0) is 23.8 Å². The summed E-state index contributed by atoms with van der Waals surface area (Å²) < 4.78 is 46.9. The molecule has 1 aliphatic heterocycles. The molecule has 1 aliphatic rings. The second-order valence-corrected chi connectivity index (χ2v) is 9.13. The number of benzene rings is 1. The first-order valence-corrected chi connectivity index (χ1v) is 13.1. The molecule has 40 heavy (non-hydrogen) atoms. The molecule has 0 unspecified atom stereocenters. The number of rotatable bonds is 11. The molecule has 218 valence electrons. The number of halogens is 1. The molecule has 0 aliphatic carbocycles. The maximum absolute atomic E-state index is 13.4. The van der Waals surface area contributed by atoms with Gasteiger partial charge in [-0.1, -0.05) is 6.92 Å². The van der Waals surface area contributed by atoms with Crippen LogP contribution in [0, 0.1) is 5.82 Å². The number of hydrogen-bond acceptors (Lipinski definition) is 10. The third-order valence-electron chi connectivity index (χ3n) is 6.09. The van der Waals surface area contributed by atoms with Crippen LogP contribution in [0.1, 0.15) is 56.9 Å². The smallest absolute Gasteiger partial charge is 0.329 e. The van der Waals surface area contributed by atoms with Gasteiger partial charge in [-0.25, -0.2) is 14.2 Å². The maximum Gasteiger partial charge on any atom is 0.329 e. The highest BCUT2D eigenvalue weighted by atomic mass is 19.1. The molecule has 1 aromatic heterocycles. The zero-order chi connectivity index (χ0) is 29.1. The van der Waals surface area contributed by atoms with Gasteiger partial charge >= 0.3 is 11.9 Å². The first-order chi connectivity index (χ1) is 19.2. The summed E-state index contributed by atoms with van der Waals surface area (Å²) in [6.07, 6.45) is 1.58. The van der Waals surface area contributed by atoms with E-state index in [0.29, 0.717) is 25.2 Å². The van der Waals surface area contributed by atoms with Crippen molar-refractivity contribution in [1.29, 1.82) is 0 Å². The summed E-state index contributed by atoms with van der Waals surface area (Å²) >= 11 is 0. The van der Waals surface area contributed by atoms with Crippen LogP contribution in [0.5, 0.6) is 17.2 Å². The lowest BCUT2D eigenvalue weighted by Crippen LogP contribution is -2.46. The first-order valence-electron chi connectivity index (χ1n) is 13.1. The van der Waals surface area contributed by atoms with E-state index in [9.17, 15) is 18.8 Å². The highest BCUT2D eigenvalue weighted by Crippen LogP contribution is 2.30. The number of cyclic esters (lactones) is 1. The summed E-state index contributed by atoms with van der Waals surface area (Å²) in [6, 6.07) is 6.04. The molecule has 0 saturated carbocycles. The molecule has 1 aromatic carbocycles. The molecule has 1 saturated heterocycles. The maximum atomic E-state index is 13.4. The molecule has 2 heterocycles. The fourth-order valence-electron chi connectivity index (χ4n) is 4.15. The van der Waals surface area contributed by atoms with Crippen molar-refractivity contribution in [3.05, 3.63) is 48.0 Å². The number of amides is 1. The quantitative estimate of drug-likeness (QED) is 0.320. The van der Waals surface area contributed by atoms with E-state index < -0.39 is 54.8 Å². The van der Waals surface area contributed by atoms with Crippen molar-refractivity contribution in [2.24, 2.45) is 0 Å². The molecule has 1 fully saturated rings. The standard InChI is InChI=1S/C28H35FN2O9/c1-5-15-36-23-8-6-7-21(28(34)39-17(2)25(23)40-20-11-9-19(29)10-12-20)31-27(33)24-26(38-16-37-18(3)32)22(35-4)13-14-30-24/h9-14,17,21,23,25H,5-8,15-16H2,1-4H3,(H,31,33)/t17-,21-,23-,25-/m0/s1. The summed E-state index contributed by atoms with van der Waals surface area (Å²) in [5.41, 5.74) is -0.158. The van der Waals surface area contributed by atoms with Gasteiger partial charge < -0.3 is 33.7 Å². The number of esters is 2. The number of aromatic nitrogens is 1. The van der Waals surface area contributed by atoms with E-state index in [1.165, 1.54) is 50.6 Å². The lowest BCUT2D eigenvalue weighted by atomic mass is 10.0. The van der Waals surface area contributed by atoms with E-state index in [-0.39, 0.29) is 23.6 Å². The van der Waals surface area contributed by atoms with Crippen LogP contribution in [-0.4, -0.2) is 67.7 Å². The second kappa shape index (κ2) is 15.0. The Kier molecular flexibility index (Phi) is 11.5. The number of methoxy groups -OCH3 is 1. The van der Waals surface area contributed by atoms with Gasteiger partial charge in [0.2, 0.25) is 6.79 Å². The van der Waals surface area contributed by atoms with Crippen molar-refractivity contribution in [1.82, 2.24) is 10.3 Å².